The third-order valence-electron chi connectivity index (χ3n) is 4.11. The Morgan fingerprint density at radius 3 is 2.50 bits per heavy atom. The predicted molar refractivity (Wildman–Crippen MR) is 74.9 cm³/mol. The lowest BCUT2D eigenvalue weighted by molar-refractivity contribution is 0.0682. The van der Waals surface area contributed by atoms with E-state index in [0.717, 1.165) is 31.4 Å². The van der Waals surface area contributed by atoms with E-state index in [1.807, 2.05) is 6.07 Å². The summed E-state index contributed by atoms with van der Waals surface area (Å²) in [5.41, 5.74) is 1.82. The van der Waals surface area contributed by atoms with Gasteiger partial charge in [-0.15, -0.1) is 0 Å². The Bertz CT molecular complexity index is 548. The second kappa shape index (κ2) is 5.25. The summed E-state index contributed by atoms with van der Waals surface area (Å²) < 4.78 is 5.36. The molecule has 0 bridgehead atoms. The lowest BCUT2D eigenvalue weighted by Crippen LogP contribution is -2.29. The molecule has 2 amide bonds. The van der Waals surface area contributed by atoms with Gasteiger partial charge in [-0.2, -0.15) is 0 Å². The Balaban J connectivity index is 1.69. The fourth-order valence-corrected chi connectivity index (χ4v) is 2.94. The molecule has 0 aromatic heterocycles. The summed E-state index contributed by atoms with van der Waals surface area (Å²) in [6.07, 6.45) is 4.59. The number of benzene rings is 1. The van der Waals surface area contributed by atoms with Gasteiger partial charge in [0.25, 0.3) is 11.8 Å². The zero-order valence-corrected chi connectivity index (χ0v) is 11.4. The predicted octanol–water partition coefficient (Wildman–Crippen LogP) is 1.94. The molecule has 0 atom stereocenters. The third-order valence-corrected chi connectivity index (χ3v) is 4.11. The molecule has 1 aromatic rings. The van der Waals surface area contributed by atoms with Crippen LogP contribution in [-0.4, -0.2) is 31.1 Å². The first-order chi connectivity index (χ1) is 9.67. The van der Waals surface area contributed by atoms with Crippen LogP contribution in [0, 0.1) is 0 Å². The highest BCUT2D eigenvalue weighted by Crippen LogP contribution is 2.26. The first-order valence-electron chi connectivity index (χ1n) is 6.96. The summed E-state index contributed by atoms with van der Waals surface area (Å²) >= 11 is 0. The minimum atomic E-state index is -0.309. The maximum absolute atomic E-state index is 11.6. The number of amides is 2. The van der Waals surface area contributed by atoms with Gasteiger partial charge in [0.05, 0.1) is 17.2 Å². The van der Waals surface area contributed by atoms with Crippen LogP contribution in [0.1, 0.15) is 46.4 Å². The van der Waals surface area contributed by atoms with Gasteiger partial charge in [0, 0.05) is 18.8 Å². The molecule has 20 heavy (non-hydrogen) atoms. The second-order valence-electron chi connectivity index (χ2n) is 5.40. The molecule has 1 fully saturated rings. The molecule has 1 heterocycles. The van der Waals surface area contributed by atoms with E-state index in [4.69, 9.17) is 4.74 Å². The number of fused-ring (bicyclic) bond motifs is 1. The van der Waals surface area contributed by atoms with Gasteiger partial charge >= 0.3 is 0 Å². The van der Waals surface area contributed by atoms with E-state index in [1.165, 1.54) is 0 Å². The van der Waals surface area contributed by atoms with Crippen molar-refractivity contribution in [1.82, 2.24) is 5.32 Å². The van der Waals surface area contributed by atoms with Crippen molar-refractivity contribution < 1.29 is 14.3 Å². The van der Waals surface area contributed by atoms with Crippen molar-refractivity contribution in [2.75, 3.05) is 12.4 Å². The SMILES string of the molecule is COC1CCC(Nc2ccc3c(c2)C(=O)NC3=O)CC1. The van der Waals surface area contributed by atoms with Crippen LogP contribution >= 0.6 is 0 Å². The van der Waals surface area contributed by atoms with Crippen LogP contribution in [0.2, 0.25) is 0 Å². The number of rotatable bonds is 3. The van der Waals surface area contributed by atoms with Crippen molar-refractivity contribution in [1.29, 1.82) is 0 Å². The first-order valence-corrected chi connectivity index (χ1v) is 6.96. The molecule has 1 aliphatic carbocycles. The lowest BCUT2D eigenvalue weighted by atomic mass is 9.92. The molecule has 1 saturated carbocycles. The van der Waals surface area contributed by atoms with E-state index >= 15 is 0 Å². The molecule has 3 rings (SSSR count). The van der Waals surface area contributed by atoms with Crippen LogP contribution in [-0.2, 0) is 4.74 Å². The number of carbonyl (C=O) groups is 2. The van der Waals surface area contributed by atoms with E-state index in [1.54, 1.807) is 19.2 Å². The number of methoxy groups -OCH3 is 1. The summed E-state index contributed by atoms with van der Waals surface area (Å²) in [5.74, 6) is -0.617. The van der Waals surface area contributed by atoms with E-state index in [2.05, 4.69) is 10.6 Å². The fourth-order valence-electron chi connectivity index (χ4n) is 2.94. The summed E-state index contributed by atoms with van der Waals surface area (Å²) in [7, 11) is 1.76. The van der Waals surface area contributed by atoms with Crippen molar-refractivity contribution >= 4 is 17.5 Å². The van der Waals surface area contributed by atoms with Gasteiger partial charge in [0.15, 0.2) is 0 Å². The molecule has 0 spiro atoms. The zero-order chi connectivity index (χ0) is 14.1. The zero-order valence-electron chi connectivity index (χ0n) is 11.4. The normalized spacial score (nSPS) is 25.2. The Morgan fingerprint density at radius 2 is 1.80 bits per heavy atom. The lowest BCUT2D eigenvalue weighted by Gasteiger charge is -2.29. The number of nitrogens with one attached hydrogen (secondary N) is 2. The molecule has 0 unspecified atom stereocenters. The van der Waals surface area contributed by atoms with E-state index in [0.29, 0.717) is 23.3 Å². The second-order valence-corrected chi connectivity index (χ2v) is 5.40. The Morgan fingerprint density at radius 1 is 1.10 bits per heavy atom. The largest absolute Gasteiger partial charge is 0.382 e. The number of ether oxygens (including phenoxy) is 1. The number of hydrogen-bond acceptors (Lipinski definition) is 4. The number of imide groups is 1. The van der Waals surface area contributed by atoms with Crippen molar-refractivity contribution in [3.63, 3.8) is 0 Å². The molecule has 5 heteroatoms. The summed E-state index contributed by atoms with van der Waals surface area (Å²) in [4.78, 5) is 23.1. The average Bonchev–Trinajstić information content (AvgIpc) is 2.75. The van der Waals surface area contributed by atoms with Gasteiger partial charge in [0.1, 0.15) is 0 Å². The van der Waals surface area contributed by atoms with E-state index in [9.17, 15) is 9.59 Å². The van der Waals surface area contributed by atoms with Gasteiger partial charge in [-0.25, -0.2) is 0 Å². The molecular formula is C15H18N2O3. The topological polar surface area (TPSA) is 67.4 Å². The molecule has 0 radical (unpaired) electrons. The van der Waals surface area contributed by atoms with Gasteiger partial charge in [-0.1, -0.05) is 0 Å². The van der Waals surface area contributed by atoms with Crippen LogP contribution in [0.4, 0.5) is 5.69 Å². The third kappa shape index (κ3) is 2.41. The van der Waals surface area contributed by atoms with Gasteiger partial charge in [0.2, 0.25) is 0 Å². The highest BCUT2D eigenvalue weighted by molar-refractivity contribution is 6.21. The van der Waals surface area contributed by atoms with Crippen molar-refractivity contribution in [3.05, 3.63) is 29.3 Å². The molecule has 106 valence electrons. The monoisotopic (exact) mass is 274 g/mol. The Labute approximate surface area is 117 Å². The maximum atomic E-state index is 11.6. The van der Waals surface area contributed by atoms with Crippen LogP contribution in [0.15, 0.2) is 18.2 Å². The Hall–Kier alpha value is -1.88. The summed E-state index contributed by atoms with van der Waals surface area (Å²) in [6, 6.07) is 5.73. The van der Waals surface area contributed by atoms with E-state index in [-0.39, 0.29) is 11.8 Å². The molecule has 1 aliphatic heterocycles. The standard InChI is InChI=1S/C15H18N2O3/c1-20-11-5-2-9(3-6-11)16-10-4-7-12-13(8-10)15(19)17-14(12)18/h4,7-9,11,16H,2-3,5-6H2,1H3,(H,17,18,19). The number of hydrogen-bond donors (Lipinski definition) is 2. The van der Waals surface area contributed by atoms with Crippen LogP contribution < -0.4 is 10.6 Å². The molecule has 1 aromatic carbocycles. The van der Waals surface area contributed by atoms with Crippen molar-refractivity contribution in [2.45, 2.75) is 37.8 Å². The maximum Gasteiger partial charge on any atom is 0.259 e. The van der Waals surface area contributed by atoms with Crippen LogP contribution in [0.3, 0.4) is 0 Å². The summed E-state index contributed by atoms with van der Waals surface area (Å²) in [5, 5.41) is 5.75. The average molecular weight is 274 g/mol. The van der Waals surface area contributed by atoms with Crippen LogP contribution in [0.25, 0.3) is 0 Å². The minimum absolute atomic E-state index is 0.308. The van der Waals surface area contributed by atoms with Crippen LogP contribution in [0.5, 0.6) is 0 Å². The van der Waals surface area contributed by atoms with E-state index < -0.39 is 0 Å². The van der Waals surface area contributed by atoms with Crippen molar-refractivity contribution in [2.24, 2.45) is 0 Å². The number of carbonyl (C=O) groups excluding carboxylic acids is 2. The molecule has 2 N–H and O–H groups in total. The van der Waals surface area contributed by atoms with Gasteiger partial charge in [-0.05, 0) is 43.9 Å². The molecule has 5 nitrogen and oxygen atoms in total. The molecule has 2 aliphatic rings. The first kappa shape index (κ1) is 13.1. The quantitative estimate of drug-likeness (QED) is 0.827. The highest BCUT2D eigenvalue weighted by Gasteiger charge is 2.27. The van der Waals surface area contributed by atoms with Crippen molar-refractivity contribution in [3.8, 4) is 0 Å². The van der Waals surface area contributed by atoms with Gasteiger partial charge < -0.3 is 10.1 Å². The smallest absolute Gasteiger partial charge is 0.259 e. The molecular weight excluding hydrogens is 256 g/mol. The highest BCUT2D eigenvalue weighted by atomic mass is 16.5. The summed E-state index contributed by atoms with van der Waals surface area (Å²) in [6.45, 7) is 0. The number of anilines is 1. The minimum Gasteiger partial charge on any atom is -0.382 e. The van der Waals surface area contributed by atoms with Gasteiger partial charge in [-0.3, -0.25) is 14.9 Å². The Kier molecular flexibility index (Phi) is 3.44. The molecule has 0 saturated heterocycles. The fraction of sp³-hybridized carbons (Fsp3) is 0.467.